The summed E-state index contributed by atoms with van der Waals surface area (Å²) in [5.74, 6) is 1.82. The van der Waals surface area contributed by atoms with E-state index in [1.54, 1.807) is 7.11 Å². The van der Waals surface area contributed by atoms with Crippen molar-refractivity contribution in [1.82, 2.24) is 4.58 Å². The molecule has 35 heavy (non-hydrogen) atoms. The summed E-state index contributed by atoms with van der Waals surface area (Å²) in [6.07, 6.45) is 7.71. The lowest BCUT2D eigenvalue weighted by Crippen LogP contribution is -3.00. The van der Waals surface area contributed by atoms with Crippen LogP contribution in [0.25, 0.3) is 33.4 Å². The Morgan fingerprint density at radius 2 is 1.57 bits per heavy atom. The number of methoxy groups -OCH3 is 1. The van der Waals surface area contributed by atoms with Crippen molar-refractivity contribution in [2.24, 2.45) is 0 Å². The highest BCUT2D eigenvalue weighted by Gasteiger charge is 2.22. The number of hydrogen-bond donors (Lipinski definition) is 0. The Kier molecular flexibility index (Phi) is 7.01. The van der Waals surface area contributed by atoms with Crippen LogP contribution in [0.15, 0.2) is 65.1 Å². The van der Waals surface area contributed by atoms with Crippen LogP contribution >= 0.6 is 0 Å². The number of piperidine rings is 2. The molecule has 4 nitrogen and oxygen atoms in total. The van der Waals surface area contributed by atoms with Crippen LogP contribution in [0, 0.1) is 0 Å². The first-order valence-electron chi connectivity index (χ1n) is 12.8. The summed E-state index contributed by atoms with van der Waals surface area (Å²) in [5.41, 5.74) is 5.61. The second-order valence-corrected chi connectivity index (χ2v) is 9.63. The molecular weight excluding hydrogens is 456 g/mol. The molecule has 0 radical (unpaired) electrons. The van der Waals surface area contributed by atoms with Crippen molar-refractivity contribution in [3.8, 4) is 28.2 Å². The molecule has 3 aliphatic heterocycles. The van der Waals surface area contributed by atoms with Gasteiger partial charge in [0.2, 0.25) is 5.36 Å². The number of ether oxygens (including phenoxy) is 1. The molecule has 1 aliphatic carbocycles. The van der Waals surface area contributed by atoms with E-state index in [0.717, 1.165) is 59.8 Å². The molecule has 4 aliphatic rings. The van der Waals surface area contributed by atoms with E-state index in [9.17, 15) is 0 Å². The quantitative estimate of drug-likeness (QED) is 0.327. The maximum atomic E-state index is 6.65. The van der Waals surface area contributed by atoms with Crippen molar-refractivity contribution in [2.75, 3.05) is 38.2 Å². The minimum Gasteiger partial charge on any atom is -1.00 e. The number of benzene rings is 3. The molecule has 2 saturated heterocycles. The third-order valence-corrected chi connectivity index (χ3v) is 7.51. The predicted molar refractivity (Wildman–Crippen MR) is 140 cm³/mol. The fourth-order valence-corrected chi connectivity index (χ4v) is 5.71. The summed E-state index contributed by atoms with van der Waals surface area (Å²) in [5, 5.41) is 2.39. The van der Waals surface area contributed by atoms with Crippen LogP contribution in [-0.4, -0.2) is 33.3 Å². The Morgan fingerprint density at radius 3 is 2.37 bits per heavy atom. The third kappa shape index (κ3) is 4.52. The summed E-state index contributed by atoms with van der Waals surface area (Å²) < 4.78 is 14.9. The predicted octanol–water partition coefficient (Wildman–Crippen LogP) is 3.16. The number of rotatable bonds is 3. The minimum atomic E-state index is 0. The number of anilines is 1. The van der Waals surface area contributed by atoms with Crippen molar-refractivity contribution in [1.29, 1.82) is 0 Å². The fourth-order valence-electron chi connectivity index (χ4n) is 5.71. The fraction of sp³-hybridized carbons (Fsp3) is 0.367. The van der Waals surface area contributed by atoms with Gasteiger partial charge in [-0.3, -0.25) is 0 Å². The van der Waals surface area contributed by atoms with Gasteiger partial charge in [0.15, 0.2) is 0 Å². The Hall–Kier alpha value is -2.98. The topological polar surface area (TPSA) is 28.6 Å². The molecule has 182 valence electrons. The Morgan fingerprint density at radius 1 is 0.800 bits per heavy atom. The lowest BCUT2D eigenvalue weighted by atomic mass is 9.93. The van der Waals surface area contributed by atoms with Gasteiger partial charge in [-0.1, -0.05) is 18.2 Å². The zero-order valence-corrected chi connectivity index (χ0v) is 21.2. The average molecular weight is 489 g/mol. The summed E-state index contributed by atoms with van der Waals surface area (Å²) in [6, 6.07) is 21.8. The molecule has 0 spiro atoms. The molecule has 0 bridgehead atoms. The number of halogens is 1. The van der Waals surface area contributed by atoms with Crippen LogP contribution in [0.5, 0.6) is 5.75 Å². The molecule has 2 aromatic carbocycles. The largest absolute Gasteiger partial charge is 1.00 e. The smallest absolute Gasteiger partial charge is 0.203 e. The first kappa shape index (κ1) is 23.7. The van der Waals surface area contributed by atoms with Gasteiger partial charge in [0, 0.05) is 65.8 Å². The molecule has 0 saturated carbocycles. The van der Waals surface area contributed by atoms with E-state index in [1.165, 1.54) is 55.1 Å². The van der Waals surface area contributed by atoms with Crippen LogP contribution < -0.4 is 32.0 Å². The van der Waals surface area contributed by atoms with Crippen LogP contribution in [0.3, 0.4) is 0 Å². The molecule has 0 N–H and O–H groups in total. The molecule has 6 rings (SSSR count). The maximum absolute atomic E-state index is 6.65. The Labute approximate surface area is 213 Å². The highest BCUT2D eigenvalue weighted by atomic mass is 35.5. The number of fused-ring (bicyclic) bond motifs is 2. The molecule has 5 heteroatoms. The highest BCUT2D eigenvalue weighted by Crippen LogP contribution is 2.44. The van der Waals surface area contributed by atoms with E-state index in [4.69, 9.17) is 9.15 Å². The lowest BCUT2D eigenvalue weighted by Gasteiger charge is -2.29. The Bertz CT molecular complexity index is 1360. The number of hydrogen-bond acceptors (Lipinski definition) is 3. The second-order valence-electron chi connectivity index (χ2n) is 9.63. The SMILES string of the molecule is COc1ccccc1-c1c2ccc(=[N+]3CCCCC3)cc-2oc2cc(N3CCCCC3)ccc12.[Cl-]. The van der Waals surface area contributed by atoms with E-state index in [1.807, 2.05) is 12.1 Å². The van der Waals surface area contributed by atoms with Gasteiger partial charge in [-0.15, -0.1) is 0 Å². The van der Waals surface area contributed by atoms with E-state index in [-0.39, 0.29) is 12.4 Å². The normalized spacial score (nSPS) is 16.4. The molecule has 0 atom stereocenters. The van der Waals surface area contributed by atoms with Crippen molar-refractivity contribution in [2.45, 2.75) is 38.5 Å². The summed E-state index contributed by atoms with van der Waals surface area (Å²) >= 11 is 0. The summed E-state index contributed by atoms with van der Waals surface area (Å²) in [6.45, 7) is 4.49. The molecule has 2 aromatic rings. The van der Waals surface area contributed by atoms with Gasteiger partial charge in [0.25, 0.3) is 0 Å². The van der Waals surface area contributed by atoms with Crippen LogP contribution in [0.1, 0.15) is 38.5 Å². The van der Waals surface area contributed by atoms with E-state index < -0.39 is 0 Å². The van der Waals surface area contributed by atoms with Gasteiger partial charge in [0.1, 0.15) is 30.2 Å². The van der Waals surface area contributed by atoms with Gasteiger partial charge in [0.05, 0.1) is 13.2 Å². The zero-order valence-electron chi connectivity index (χ0n) is 20.4. The van der Waals surface area contributed by atoms with Crippen molar-refractivity contribution < 1.29 is 21.6 Å². The zero-order chi connectivity index (χ0) is 22.9. The molecular formula is C30H33ClN2O2. The highest BCUT2D eigenvalue weighted by molar-refractivity contribution is 6.03. The van der Waals surface area contributed by atoms with E-state index in [2.05, 4.69) is 58.0 Å². The Balaban J connectivity index is 0.00000253. The first-order chi connectivity index (χ1) is 16.8. The van der Waals surface area contributed by atoms with Crippen LogP contribution in [0.4, 0.5) is 5.69 Å². The number of nitrogens with zero attached hydrogens (tertiary/aromatic N) is 2. The monoisotopic (exact) mass is 488 g/mol. The van der Waals surface area contributed by atoms with Crippen LogP contribution in [-0.2, 0) is 0 Å². The summed E-state index contributed by atoms with van der Waals surface area (Å²) in [4.78, 5) is 2.50. The van der Waals surface area contributed by atoms with E-state index in [0.29, 0.717) is 0 Å². The second kappa shape index (κ2) is 10.3. The van der Waals surface area contributed by atoms with Gasteiger partial charge in [-0.2, -0.15) is 0 Å². The molecule has 3 heterocycles. The first-order valence-corrected chi connectivity index (χ1v) is 12.8. The van der Waals surface area contributed by atoms with Gasteiger partial charge >= 0.3 is 0 Å². The minimum absolute atomic E-state index is 0. The number of para-hydroxylation sites is 1. The molecule has 0 amide bonds. The van der Waals surface area contributed by atoms with Crippen molar-refractivity contribution in [3.05, 3.63) is 66.0 Å². The van der Waals surface area contributed by atoms with E-state index >= 15 is 0 Å². The molecule has 0 unspecified atom stereocenters. The van der Waals surface area contributed by atoms with Gasteiger partial charge in [-0.25, -0.2) is 4.58 Å². The standard InChI is InChI=1S/C30H33N2O2.ClH/c1-33-27-11-5-4-10-24(27)30-25-14-12-22(31-16-6-2-7-17-31)20-28(25)34-29-21-23(13-15-26(29)30)32-18-8-3-9-19-32;/h4-5,10-15,20-21H,2-3,6-9,16-19H2,1H3;1H/q+1;/p-1. The van der Waals surface area contributed by atoms with Gasteiger partial charge < -0.3 is 26.5 Å². The van der Waals surface area contributed by atoms with Gasteiger partial charge in [-0.05, 0) is 49.9 Å². The van der Waals surface area contributed by atoms with Crippen molar-refractivity contribution >= 4 is 16.7 Å². The maximum Gasteiger partial charge on any atom is 0.203 e. The summed E-state index contributed by atoms with van der Waals surface area (Å²) in [7, 11) is 1.75. The third-order valence-electron chi connectivity index (χ3n) is 7.51. The van der Waals surface area contributed by atoms with Crippen molar-refractivity contribution in [3.63, 3.8) is 0 Å². The molecule has 0 aromatic heterocycles. The van der Waals surface area contributed by atoms with Crippen LogP contribution in [0.2, 0.25) is 0 Å². The average Bonchev–Trinajstić information content (AvgIpc) is 2.92. The lowest BCUT2D eigenvalue weighted by molar-refractivity contribution is -0.00000748. The molecule has 2 fully saturated rings.